The number of carbonyl (C=O) groups is 4. The number of carbonyl (C=O) groups excluding carboxylic acids is 3. The lowest BCUT2D eigenvalue weighted by Crippen LogP contribution is -2.35. The second-order valence-corrected chi connectivity index (χ2v) is 7.65. The number of nitrogens with one attached hydrogen (secondary N) is 1. The zero-order chi connectivity index (χ0) is 27.2. The lowest BCUT2D eigenvalue weighted by molar-refractivity contribution is -0.870. The number of quaternary nitrogens is 1. The van der Waals surface area contributed by atoms with E-state index in [1.54, 1.807) is 7.05 Å². The van der Waals surface area contributed by atoms with Crippen LogP contribution in [0.5, 0.6) is 0 Å². The van der Waals surface area contributed by atoms with Gasteiger partial charge in [-0.15, -0.1) is 0 Å². The number of benzene rings is 1. The van der Waals surface area contributed by atoms with E-state index in [4.69, 9.17) is 10.8 Å². The molecule has 10 heteroatoms. The first-order chi connectivity index (χ1) is 15.9. The predicted molar refractivity (Wildman–Crippen MR) is 133 cm³/mol. The summed E-state index contributed by atoms with van der Waals surface area (Å²) in [5, 5.41) is 11.2. The zero-order valence-corrected chi connectivity index (χ0v) is 22.0. The van der Waals surface area contributed by atoms with Gasteiger partial charge in [0.25, 0.3) is 0 Å². The van der Waals surface area contributed by atoms with Gasteiger partial charge in [0.1, 0.15) is 0 Å². The van der Waals surface area contributed by atoms with Crippen molar-refractivity contribution in [2.24, 2.45) is 5.73 Å². The quantitative estimate of drug-likeness (QED) is 0.274. The van der Waals surface area contributed by atoms with Gasteiger partial charge >= 0.3 is 17.9 Å². The van der Waals surface area contributed by atoms with Crippen LogP contribution in [0.4, 0.5) is 0 Å². The summed E-state index contributed by atoms with van der Waals surface area (Å²) in [4.78, 5) is 42.1. The first-order valence-corrected chi connectivity index (χ1v) is 11.1. The van der Waals surface area contributed by atoms with Gasteiger partial charge in [0.05, 0.1) is 59.6 Å². The van der Waals surface area contributed by atoms with Gasteiger partial charge in [-0.2, -0.15) is 0 Å². The van der Waals surface area contributed by atoms with Crippen LogP contribution in [-0.4, -0.2) is 88.9 Å². The molecule has 1 aromatic carbocycles. The molecule has 0 aliphatic heterocycles. The van der Waals surface area contributed by atoms with E-state index >= 15 is 0 Å². The Balaban J connectivity index is -0.000000434. The van der Waals surface area contributed by atoms with E-state index in [1.165, 1.54) is 51.5 Å². The number of nitrogens with two attached hydrogens (primary N) is 1. The van der Waals surface area contributed by atoms with Crippen LogP contribution in [0.2, 0.25) is 0 Å². The van der Waals surface area contributed by atoms with Crippen LogP contribution < -0.4 is 11.1 Å². The molecule has 1 aromatic rings. The second kappa shape index (κ2) is 21.8. The number of ether oxygens (including phenoxy) is 2. The number of esters is 2. The number of nitrogens with zero attached hydrogens (tertiary/aromatic N) is 1. The van der Waals surface area contributed by atoms with Crippen LogP contribution >= 0.6 is 0 Å². The molecule has 0 aliphatic carbocycles. The third-order valence-corrected chi connectivity index (χ3v) is 3.96. The average molecular weight is 487 g/mol. The van der Waals surface area contributed by atoms with Crippen molar-refractivity contribution in [3.63, 3.8) is 0 Å². The Hall–Kier alpha value is -2.98. The highest BCUT2D eigenvalue weighted by Crippen LogP contribution is 2.05. The summed E-state index contributed by atoms with van der Waals surface area (Å²) in [6.07, 6.45) is 4.05. The first kappa shape index (κ1) is 35.6. The lowest BCUT2D eigenvalue weighted by Gasteiger charge is -2.23. The fraction of sp³-hybridized carbons (Fsp3) is 0.583. The summed E-state index contributed by atoms with van der Waals surface area (Å²) in [5.74, 6) is -1.71. The van der Waals surface area contributed by atoms with Crippen LogP contribution in [0.3, 0.4) is 0 Å². The number of hydrogen-bond acceptors (Lipinski definition) is 7. The van der Waals surface area contributed by atoms with Gasteiger partial charge in [0, 0.05) is 13.5 Å². The molecule has 0 spiro atoms. The van der Waals surface area contributed by atoms with Crippen LogP contribution in [0, 0.1) is 0 Å². The van der Waals surface area contributed by atoms with Crippen LogP contribution in [0.25, 0.3) is 0 Å². The minimum absolute atomic E-state index is 0.0312. The molecule has 0 bridgehead atoms. The molecule has 0 saturated carbocycles. The molecule has 0 aromatic heterocycles. The minimum atomic E-state index is -1.02. The van der Waals surface area contributed by atoms with Crippen molar-refractivity contribution in [1.82, 2.24) is 5.32 Å². The van der Waals surface area contributed by atoms with Crippen LogP contribution in [0.15, 0.2) is 24.3 Å². The molecular formula is C24H44N3O7+. The highest BCUT2D eigenvalue weighted by molar-refractivity contribution is 5.92. The van der Waals surface area contributed by atoms with Gasteiger partial charge < -0.3 is 30.1 Å². The molecule has 1 amide bonds. The number of aromatic carboxylic acids is 1. The summed E-state index contributed by atoms with van der Waals surface area (Å²) >= 11 is 0. The Bertz CT molecular complexity index is 694. The molecule has 0 heterocycles. The third-order valence-electron chi connectivity index (χ3n) is 3.96. The number of carboxylic acid groups (broad SMARTS) is 1. The summed E-state index contributed by atoms with van der Waals surface area (Å²) in [6.45, 7) is 5.16. The molecule has 0 radical (unpaired) electrons. The topological polar surface area (TPSA) is 145 Å². The van der Waals surface area contributed by atoms with E-state index in [9.17, 15) is 19.2 Å². The Kier molecular flexibility index (Phi) is 22.9. The normalized spacial score (nSPS) is 9.44. The number of carboxylic acids is 1. The van der Waals surface area contributed by atoms with E-state index < -0.39 is 11.9 Å². The molecule has 1 rings (SSSR count). The largest absolute Gasteiger partial charge is 0.478 e. The molecule has 0 fully saturated rings. The SMILES string of the molecule is CC.CNC(=O)CCCCC[N+](C)(C)C.COC(=O)CN.COC(=O)c1ccc(C(=O)O)cc1. The maximum atomic E-state index is 10.9. The smallest absolute Gasteiger partial charge is 0.337 e. The number of hydrogen-bond donors (Lipinski definition) is 3. The highest BCUT2D eigenvalue weighted by atomic mass is 16.5. The summed E-state index contributed by atoms with van der Waals surface area (Å²) < 4.78 is 9.60. The van der Waals surface area contributed by atoms with E-state index in [0.717, 1.165) is 17.3 Å². The maximum absolute atomic E-state index is 10.9. The molecule has 34 heavy (non-hydrogen) atoms. The molecule has 0 unspecified atom stereocenters. The summed E-state index contributed by atoms with van der Waals surface area (Å²) in [6, 6.07) is 5.54. The molecule has 10 nitrogen and oxygen atoms in total. The Morgan fingerprint density at radius 1 is 0.912 bits per heavy atom. The third kappa shape index (κ3) is 22.2. The molecule has 0 saturated heterocycles. The first-order valence-electron chi connectivity index (χ1n) is 11.1. The summed E-state index contributed by atoms with van der Waals surface area (Å²) in [5.41, 5.74) is 5.29. The Morgan fingerprint density at radius 3 is 1.74 bits per heavy atom. The highest BCUT2D eigenvalue weighted by Gasteiger charge is 2.07. The van der Waals surface area contributed by atoms with Crippen molar-refractivity contribution < 1.29 is 38.2 Å². The van der Waals surface area contributed by atoms with Gasteiger partial charge in [-0.1, -0.05) is 13.8 Å². The van der Waals surface area contributed by atoms with Gasteiger partial charge in [-0.25, -0.2) is 9.59 Å². The second-order valence-electron chi connectivity index (χ2n) is 7.65. The molecule has 196 valence electrons. The standard InChI is InChI=1S/C10H22N2O.C9H8O4.C3H7NO2.C2H6/c1-11-10(13)8-6-5-7-9-12(2,3)4;1-13-9(12)7-4-2-6(3-5-7)8(10)11;1-6-3(5)2-4;1-2/h5-9H2,1-4H3;2-5H,1H3,(H,10,11);2,4H2,1H3;1-2H3/p+1. The van der Waals surface area contributed by atoms with Crippen molar-refractivity contribution in [3.8, 4) is 0 Å². The molecule has 0 aliphatic rings. The molecule has 0 atom stereocenters. The fourth-order valence-corrected chi connectivity index (χ4v) is 2.12. The maximum Gasteiger partial charge on any atom is 0.337 e. The van der Waals surface area contributed by atoms with Crippen molar-refractivity contribution in [1.29, 1.82) is 0 Å². The Morgan fingerprint density at radius 2 is 1.41 bits per heavy atom. The lowest BCUT2D eigenvalue weighted by atomic mass is 10.1. The van der Waals surface area contributed by atoms with E-state index in [-0.39, 0.29) is 24.0 Å². The monoisotopic (exact) mass is 486 g/mol. The van der Waals surface area contributed by atoms with Gasteiger partial charge in [-0.05, 0) is 43.5 Å². The van der Waals surface area contributed by atoms with Crippen molar-refractivity contribution in [2.45, 2.75) is 39.5 Å². The number of rotatable bonds is 9. The van der Waals surface area contributed by atoms with Gasteiger partial charge in [0.15, 0.2) is 0 Å². The van der Waals surface area contributed by atoms with E-state index in [0.29, 0.717) is 12.0 Å². The number of unbranched alkanes of at least 4 members (excludes halogenated alkanes) is 2. The minimum Gasteiger partial charge on any atom is -0.478 e. The van der Waals surface area contributed by atoms with Gasteiger partial charge in [-0.3, -0.25) is 9.59 Å². The fourth-order valence-electron chi connectivity index (χ4n) is 2.12. The van der Waals surface area contributed by atoms with Crippen molar-refractivity contribution in [2.75, 3.05) is 55.5 Å². The number of amides is 1. The summed E-state index contributed by atoms with van der Waals surface area (Å²) in [7, 11) is 10.8. The number of methoxy groups -OCH3 is 2. The van der Waals surface area contributed by atoms with E-state index in [1.807, 2.05) is 13.8 Å². The zero-order valence-electron chi connectivity index (χ0n) is 22.0. The van der Waals surface area contributed by atoms with Crippen LogP contribution in [0.1, 0.15) is 60.2 Å². The predicted octanol–water partition coefficient (Wildman–Crippen LogP) is 2.31. The van der Waals surface area contributed by atoms with Gasteiger partial charge in [0.2, 0.25) is 5.91 Å². The Labute approximate surface area is 204 Å². The molecule has 4 N–H and O–H groups in total. The van der Waals surface area contributed by atoms with Crippen LogP contribution in [-0.2, 0) is 19.1 Å². The van der Waals surface area contributed by atoms with Crippen molar-refractivity contribution >= 4 is 23.8 Å². The molecular weight excluding hydrogens is 442 g/mol. The van der Waals surface area contributed by atoms with E-state index in [2.05, 4.69) is 35.9 Å². The average Bonchev–Trinajstić information content (AvgIpc) is 2.83. The van der Waals surface area contributed by atoms with Crippen molar-refractivity contribution in [3.05, 3.63) is 35.4 Å².